The van der Waals surface area contributed by atoms with Gasteiger partial charge in [-0.15, -0.1) is 0 Å². The van der Waals surface area contributed by atoms with Crippen molar-refractivity contribution < 1.29 is 14.2 Å². The molecule has 2 N–H and O–H groups in total. The quantitative estimate of drug-likeness (QED) is 0.400. The van der Waals surface area contributed by atoms with Crippen LogP contribution in [0.1, 0.15) is 23.8 Å². The van der Waals surface area contributed by atoms with Crippen molar-refractivity contribution in [3.63, 3.8) is 0 Å². The number of aromatic nitrogens is 3. The van der Waals surface area contributed by atoms with Crippen LogP contribution >= 0.6 is 11.6 Å². The lowest BCUT2D eigenvalue weighted by atomic mass is 10.1. The number of nitrogen functional groups attached to an aromatic ring is 1. The number of hydrogen-bond donors (Lipinski definition) is 1. The predicted molar refractivity (Wildman–Crippen MR) is 128 cm³/mol. The van der Waals surface area contributed by atoms with Crippen molar-refractivity contribution >= 4 is 28.6 Å². The third-order valence-electron chi connectivity index (χ3n) is 5.78. The molecule has 3 atom stereocenters. The molecule has 4 aromatic rings. The summed E-state index contributed by atoms with van der Waals surface area (Å²) in [5.41, 5.74) is 8.82. The van der Waals surface area contributed by atoms with E-state index in [1.807, 2.05) is 79.2 Å². The second-order valence-electron chi connectivity index (χ2n) is 8.29. The van der Waals surface area contributed by atoms with Crippen LogP contribution < -0.4 is 15.2 Å². The Morgan fingerprint density at radius 3 is 2.36 bits per heavy atom. The molecule has 0 saturated carbocycles. The van der Waals surface area contributed by atoms with Crippen molar-refractivity contribution in [3.8, 4) is 11.5 Å². The van der Waals surface area contributed by atoms with Crippen molar-refractivity contribution in [1.29, 1.82) is 0 Å². The van der Waals surface area contributed by atoms with Gasteiger partial charge in [-0.1, -0.05) is 47.0 Å². The van der Waals surface area contributed by atoms with Crippen molar-refractivity contribution in [1.82, 2.24) is 14.5 Å². The Balaban J connectivity index is 1.40. The highest BCUT2D eigenvalue weighted by molar-refractivity contribution is 6.34. The van der Waals surface area contributed by atoms with Gasteiger partial charge >= 0.3 is 0 Å². The number of halogens is 1. The summed E-state index contributed by atoms with van der Waals surface area (Å²) in [4.78, 5) is 8.42. The molecule has 8 heteroatoms. The number of nitrogens with zero attached hydrogens (tertiary/aromatic N) is 3. The van der Waals surface area contributed by atoms with Crippen LogP contribution in [0.3, 0.4) is 0 Å². The van der Waals surface area contributed by atoms with Crippen LogP contribution in [0.25, 0.3) is 11.0 Å². The van der Waals surface area contributed by atoms with Gasteiger partial charge in [0.25, 0.3) is 0 Å². The van der Waals surface area contributed by atoms with Crippen LogP contribution in [0.4, 0.5) is 5.95 Å². The molecule has 5 rings (SSSR count). The molecule has 0 aliphatic carbocycles. The summed E-state index contributed by atoms with van der Waals surface area (Å²) in [6.45, 7) is 4.45. The van der Waals surface area contributed by atoms with Gasteiger partial charge in [0, 0.05) is 12.6 Å². The summed E-state index contributed by atoms with van der Waals surface area (Å²) >= 11 is 6.26. The fraction of sp³-hybridized carbons (Fsp3) is 0.280. The normalized spacial score (nSPS) is 20.3. The Labute approximate surface area is 197 Å². The first-order chi connectivity index (χ1) is 16.0. The average molecular weight is 465 g/mol. The number of benzene rings is 2. The van der Waals surface area contributed by atoms with Crippen LogP contribution in [0.2, 0.25) is 5.15 Å². The summed E-state index contributed by atoms with van der Waals surface area (Å²) in [6, 6.07) is 17.8. The van der Waals surface area contributed by atoms with Crippen molar-refractivity contribution in [2.75, 3.05) is 12.3 Å². The summed E-state index contributed by atoms with van der Waals surface area (Å²) in [6.07, 6.45) is 1.69. The van der Waals surface area contributed by atoms with E-state index < -0.39 is 0 Å². The first-order valence-corrected chi connectivity index (χ1v) is 11.2. The van der Waals surface area contributed by atoms with Gasteiger partial charge in [0.1, 0.15) is 47.3 Å². The predicted octanol–water partition coefficient (Wildman–Crippen LogP) is 5.10. The fourth-order valence-electron chi connectivity index (χ4n) is 3.99. The number of nitrogens with two attached hydrogens (primary N) is 1. The molecule has 1 aliphatic heterocycles. The molecule has 7 nitrogen and oxygen atoms in total. The zero-order valence-electron chi connectivity index (χ0n) is 18.4. The lowest BCUT2D eigenvalue weighted by Crippen LogP contribution is -2.32. The van der Waals surface area contributed by atoms with Gasteiger partial charge in [-0.2, -0.15) is 4.98 Å². The molecule has 1 fully saturated rings. The Kier molecular flexibility index (Phi) is 5.83. The maximum Gasteiger partial charge on any atom is 0.223 e. The molecule has 0 spiro atoms. The average Bonchev–Trinajstić information content (AvgIpc) is 3.39. The summed E-state index contributed by atoms with van der Waals surface area (Å²) in [5.74, 6) is 1.71. The molecule has 170 valence electrons. The van der Waals surface area contributed by atoms with Gasteiger partial charge in [-0.3, -0.25) is 0 Å². The van der Waals surface area contributed by atoms with Crippen molar-refractivity contribution in [2.45, 2.75) is 38.7 Å². The number of rotatable bonds is 6. The smallest absolute Gasteiger partial charge is 0.223 e. The molecule has 0 radical (unpaired) electrons. The second kappa shape index (κ2) is 8.92. The van der Waals surface area contributed by atoms with E-state index in [9.17, 15) is 0 Å². The number of ether oxygens (including phenoxy) is 3. The minimum atomic E-state index is -0.310. The van der Waals surface area contributed by atoms with Gasteiger partial charge in [0.2, 0.25) is 5.95 Å². The van der Waals surface area contributed by atoms with Crippen LogP contribution in [0, 0.1) is 13.8 Å². The largest absolute Gasteiger partial charge is 0.491 e. The highest BCUT2D eigenvalue weighted by Gasteiger charge is 2.39. The van der Waals surface area contributed by atoms with Gasteiger partial charge < -0.3 is 24.5 Å². The van der Waals surface area contributed by atoms with E-state index in [1.165, 1.54) is 11.1 Å². The van der Waals surface area contributed by atoms with E-state index in [-0.39, 0.29) is 24.4 Å². The Bertz CT molecular complexity index is 1260. The first kappa shape index (κ1) is 21.6. The van der Waals surface area contributed by atoms with Gasteiger partial charge in [-0.25, -0.2) is 4.98 Å². The Hall–Kier alpha value is -3.29. The van der Waals surface area contributed by atoms with Crippen LogP contribution in [0.15, 0.2) is 60.8 Å². The van der Waals surface area contributed by atoms with Crippen LogP contribution in [-0.4, -0.2) is 33.3 Å². The maximum absolute atomic E-state index is 6.42. The molecule has 2 aromatic heterocycles. The van der Waals surface area contributed by atoms with Crippen molar-refractivity contribution in [2.24, 2.45) is 0 Å². The zero-order chi connectivity index (χ0) is 22.9. The maximum atomic E-state index is 6.42. The SMILES string of the molecule is Cc1ccc(OC[C@H]2OC(n3ccc4c(Cl)nc(N)nc43)C[C@@H]2Oc2ccc(C)cc2)cc1. The Morgan fingerprint density at radius 1 is 1.00 bits per heavy atom. The Morgan fingerprint density at radius 2 is 1.67 bits per heavy atom. The summed E-state index contributed by atoms with van der Waals surface area (Å²) < 4.78 is 20.7. The number of aryl methyl sites for hydroxylation is 2. The molecule has 33 heavy (non-hydrogen) atoms. The van der Waals surface area contributed by atoms with Gasteiger partial charge in [0.05, 0.1) is 5.39 Å². The van der Waals surface area contributed by atoms with Crippen molar-refractivity contribution in [3.05, 3.63) is 77.1 Å². The standard InChI is InChI=1S/C25H25ClN4O3/c1-15-3-7-17(8-4-15)31-14-21-20(32-18-9-5-16(2)6-10-18)13-22(33-21)30-12-11-19-23(26)28-25(27)29-24(19)30/h3-12,20-22H,13-14H2,1-2H3,(H2,27,28,29)/t20-,21+,22?/m0/s1. The van der Waals surface area contributed by atoms with E-state index in [2.05, 4.69) is 9.97 Å². The molecule has 0 amide bonds. The van der Waals surface area contributed by atoms with E-state index in [4.69, 9.17) is 31.5 Å². The lowest BCUT2D eigenvalue weighted by Gasteiger charge is -2.20. The van der Waals surface area contributed by atoms with Crippen LogP contribution in [-0.2, 0) is 4.74 Å². The lowest BCUT2D eigenvalue weighted by molar-refractivity contribution is -0.0339. The molecule has 1 saturated heterocycles. The molecule has 1 aliphatic rings. The topological polar surface area (TPSA) is 84.4 Å². The molecular weight excluding hydrogens is 440 g/mol. The fourth-order valence-corrected chi connectivity index (χ4v) is 4.23. The second-order valence-corrected chi connectivity index (χ2v) is 8.65. The molecule has 3 heterocycles. The van der Waals surface area contributed by atoms with E-state index in [0.29, 0.717) is 23.8 Å². The summed E-state index contributed by atoms with van der Waals surface area (Å²) in [7, 11) is 0. The first-order valence-electron chi connectivity index (χ1n) is 10.8. The highest BCUT2D eigenvalue weighted by atomic mass is 35.5. The highest BCUT2D eigenvalue weighted by Crippen LogP contribution is 2.35. The third kappa shape index (κ3) is 4.60. The number of anilines is 1. The molecule has 2 aromatic carbocycles. The zero-order valence-corrected chi connectivity index (χ0v) is 19.2. The molecule has 1 unspecified atom stereocenters. The van der Waals surface area contributed by atoms with Gasteiger partial charge in [-0.05, 0) is 44.2 Å². The minimum absolute atomic E-state index is 0.122. The van der Waals surface area contributed by atoms with E-state index >= 15 is 0 Å². The van der Waals surface area contributed by atoms with Gasteiger partial charge in [0.15, 0.2) is 0 Å². The van der Waals surface area contributed by atoms with E-state index in [0.717, 1.165) is 16.9 Å². The van der Waals surface area contributed by atoms with Crippen LogP contribution in [0.5, 0.6) is 11.5 Å². The van der Waals surface area contributed by atoms with E-state index in [1.54, 1.807) is 0 Å². The molecule has 0 bridgehead atoms. The number of hydrogen-bond acceptors (Lipinski definition) is 6. The minimum Gasteiger partial charge on any atom is -0.491 e. The third-order valence-corrected chi connectivity index (χ3v) is 6.07. The molecular formula is C25H25ClN4O3. The summed E-state index contributed by atoms with van der Waals surface area (Å²) in [5, 5.41) is 1.05. The number of fused-ring (bicyclic) bond motifs is 1. The monoisotopic (exact) mass is 464 g/mol.